The molecule has 158 valence electrons. The molecule has 0 fully saturated rings. The van der Waals surface area contributed by atoms with Crippen LogP contribution in [-0.2, 0) is 11.3 Å². The van der Waals surface area contributed by atoms with Gasteiger partial charge >= 0.3 is 6.09 Å². The van der Waals surface area contributed by atoms with Crippen molar-refractivity contribution in [3.63, 3.8) is 0 Å². The van der Waals surface area contributed by atoms with Gasteiger partial charge in [-0.1, -0.05) is 13.3 Å². The van der Waals surface area contributed by atoms with Gasteiger partial charge in [0, 0.05) is 44.0 Å². The van der Waals surface area contributed by atoms with Gasteiger partial charge in [-0.05, 0) is 63.3 Å². The number of unbranched alkanes of at least 4 members (excludes halogenated alkanes) is 3. The van der Waals surface area contributed by atoms with E-state index in [0.717, 1.165) is 51.7 Å². The van der Waals surface area contributed by atoms with Gasteiger partial charge in [-0.2, -0.15) is 0 Å². The number of hydrogen-bond acceptors (Lipinski definition) is 3. The molecule has 0 aromatic carbocycles. The van der Waals surface area contributed by atoms with Crippen molar-refractivity contribution in [1.29, 1.82) is 0 Å². The lowest BCUT2D eigenvalue weighted by Crippen LogP contribution is -2.38. The first-order chi connectivity index (χ1) is 13.9. The fourth-order valence-corrected chi connectivity index (χ4v) is 3.09. The molecule has 0 atom stereocenters. The van der Waals surface area contributed by atoms with Crippen LogP contribution >= 0.6 is 0 Å². The molecule has 2 aromatic rings. The van der Waals surface area contributed by atoms with Gasteiger partial charge in [-0.25, -0.2) is 9.36 Å². The lowest BCUT2D eigenvalue weighted by molar-refractivity contribution is -0.697. The number of pyridine rings is 2. The summed E-state index contributed by atoms with van der Waals surface area (Å²) < 4.78 is 7.77. The Labute approximate surface area is 175 Å². The van der Waals surface area contributed by atoms with Gasteiger partial charge in [0.1, 0.15) is 12.1 Å². The van der Waals surface area contributed by atoms with E-state index in [-0.39, 0.29) is 6.09 Å². The van der Waals surface area contributed by atoms with Crippen molar-refractivity contribution in [1.82, 2.24) is 9.88 Å². The quantitative estimate of drug-likeness (QED) is 0.406. The van der Waals surface area contributed by atoms with Gasteiger partial charge in [0.2, 0.25) is 0 Å². The standard InChI is InChI=1S/C24H36N3O2/c1-5-6-17-27(23(28)29-24(2,3)4)18-9-7-8-16-26-19-12-22(13-20-26)21-10-14-25-15-11-21/h10-15,19-20H,5-9,16-18H2,1-4H3/q+1. The van der Waals surface area contributed by atoms with Gasteiger partial charge in [-0.3, -0.25) is 4.98 Å². The Morgan fingerprint density at radius 2 is 1.59 bits per heavy atom. The molecule has 0 aliphatic rings. The zero-order valence-corrected chi connectivity index (χ0v) is 18.4. The Hall–Kier alpha value is -2.43. The van der Waals surface area contributed by atoms with E-state index in [9.17, 15) is 4.79 Å². The molecule has 0 radical (unpaired) electrons. The van der Waals surface area contributed by atoms with Gasteiger partial charge in [0.25, 0.3) is 0 Å². The minimum Gasteiger partial charge on any atom is -0.444 e. The molecule has 2 aromatic heterocycles. The summed E-state index contributed by atoms with van der Waals surface area (Å²) in [4.78, 5) is 18.3. The van der Waals surface area contributed by atoms with Crippen LogP contribution in [0.4, 0.5) is 4.79 Å². The van der Waals surface area contributed by atoms with E-state index in [1.165, 1.54) is 11.1 Å². The average molecular weight is 399 g/mol. The Bertz CT molecular complexity index is 724. The van der Waals surface area contributed by atoms with Crippen molar-refractivity contribution in [2.75, 3.05) is 13.1 Å². The van der Waals surface area contributed by atoms with Crippen molar-refractivity contribution in [2.45, 2.75) is 71.9 Å². The maximum Gasteiger partial charge on any atom is 0.410 e. The second kappa shape index (κ2) is 11.5. The monoisotopic (exact) mass is 398 g/mol. The second-order valence-corrected chi connectivity index (χ2v) is 8.44. The van der Waals surface area contributed by atoms with Crippen LogP contribution in [0.3, 0.4) is 0 Å². The molecule has 0 aliphatic heterocycles. The van der Waals surface area contributed by atoms with Gasteiger partial charge in [0.05, 0.1) is 0 Å². The number of carbonyl (C=O) groups excluding carboxylic acids is 1. The summed E-state index contributed by atoms with van der Waals surface area (Å²) in [5.41, 5.74) is 1.94. The minimum atomic E-state index is -0.444. The summed E-state index contributed by atoms with van der Waals surface area (Å²) in [7, 11) is 0. The average Bonchev–Trinajstić information content (AvgIpc) is 2.70. The number of carbonyl (C=O) groups is 1. The lowest BCUT2D eigenvalue weighted by atomic mass is 10.1. The number of rotatable bonds is 10. The lowest BCUT2D eigenvalue weighted by Gasteiger charge is -2.27. The predicted octanol–water partition coefficient (Wildman–Crippen LogP) is 5.24. The fraction of sp³-hybridized carbons (Fsp3) is 0.542. The molecule has 0 bridgehead atoms. The van der Waals surface area contributed by atoms with Crippen LogP contribution in [0.2, 0.25) is 0 Å². The van der Waals surface area contributed by atoms with Crippen LogP contribution in [0.1, 0.15) is 59.8 Å². The molecule has 0 N–H and O–H groups in total. The van der Waals surface area contributed by atoms with Crippen LogP contribution in [0, 0.1) is 0 Å². The van der Waals surface area contributed by atoms with E-state index in [4.69, 9.17) is 4.74 Å². The predicted molar refractivity (Wildman–Crippen MR) is 116 cm³/mol. The van der Waals surface area contributed by atoms with E-state index in [1.807, 2.05) is 50.2 Å². The summed E-state index contributed by atoms with van der Waals surface area (Å²) in [6.07, 6.45) is 13.0. The molecule has 0 unspecified atom stereocenters. The first-order valence-corrected chi connectivity index (χ1v) is 10.8. The third-order valence-electron chi connectivity index (χ3n) is 4.68. The molecule has 0 saturated carbocycles. The summed E-state index contributed by atoms with van der Waals surface area (Å²) in [6, 6.07) is 8.33. The summed E-state index contributed by atoms with van der Waals surface area (Å²) in [6.45, 7) is 10.4. The minimum absolute atomic E-state index is 0.188. The molecule has 29 heavy (non-hydrogen) atoms. The number of hydrogen-bond donors (Lipinski definition) is 0. The zero-order valence-electron chi connectivity index (χ0n) is 18.4. The summed E-state index contributed by atoms with van der Waals surface area (Å²) in [5.74, 6) is 0. The Balaban J connectivity index is 1.74. The van der Waals surface area contributed by atoms with Crippen LogP contribution in [-0.4, -0.2) is 34.7 Å². The topological polar surface area (TPSA) is 46.3 Å². The van der Waals surface area contributed by atoms with E-state index in [0.29, 0.717) is 0 Å². The van der Waals surface area contributed by atoms with Crippen LogP contribution < -0.4 is 4.57 Å². The number of aromatic nitrogens is 2. The highest BCUT2D eigenvalue weighted by molar-refractivity contribution is 5.68. The number of aryl methyl sites for hydroxylation is 1. The fourth-order valence-electron chi connectivity index (χ4n) is 3.09. The number of ether oxygens (including phenoxy) is 1. The SMILES string of the molecule is CCCCN(CCCCC[n+]1ccc(-c2ccncc2)cc1)C(=O)OC(C)(C)C. The molecule has 1 amide bonds. The van der Waals surface area contributed by atoms with E-state index in [1.54, 1.807) is 0 Å². The van der Waals surface area contributed by atoms with Crippen molar-refractivity contribution in [2.24, 2.45) is 0 Å². The van der Waals surface area contributed by atoms with Crippen molar-refractivity contribution in [3.8, 4) is 11.1 Å². The summed E-state index contributed by atoms with van der Waals surface area (Å²) >= 11 is 0. The normalized spacial score (nSPS) is 11.3. The largest absolute Gasteiger partial charge is 0.444 e. The molecule has 0 aliphatic carbocycles. The Kier molecular flexibility index (Phi) is 9.10. The highest BCUT2D eigenvalue weighted by Crippen LogP contribution is 2.16. The van der Waals surface area contributed by atoms with Crippen LogP contribution in [0.25, 0.3) is 11.1 Å². The van der Waals surface area contributed by atoms with Crippen molar-refractivity contribution >= 4 is 6.09 Å². The summed E-state index contributed by atoms with van der Waals surface area (Å²) in [5, 5.41) is 0. The zero-order chi connectivity index (χ0) is 21.1. The third-order valence-corrected chi connectivity index (χ3v) is 4.68. The molecule has 5 heteroatoms. The second-order valence-electron chi connectivity index (χ2n) is 8.44. The van der Waals surface area contributed by atoms with E-state index < -0.39 is 5.60 Å². The molecular formula is C24H36N3O2+. The first kappa shape index (κ1) is 22.9. The number of nitrogens with zero attached hydrogens (tertiary/aromatic N) is 3. The maximum atomic E-state index is 12.4. The molecular weight excluding hydrogens is 362 g/mol. The maximum absolute atomic E-state index is 12.4. The smallest absolute Gasteiger partial charge is 0.410 e. The van der Waals surface area contributed by atoms with Gasteiger partial charge in [-0.15, -0.1) is 0 Å². The van der Waals surface area contributed by atoms with Gasteiger partial charge < -0.3 is 9.64 Å². The van der Waals surface area contributed by atoms with E-state index in [2.05, 4.69) is 41.0 Å². The third kappa shape index (κ3) is 8.63. The van der Waals surface area contributed by atoms with Crippen molar-refractivity contribution < 1.29 is 14.1 Å². The van der Waals surface area contributed by atoms with Crippen molar-refractivity contribution in [3.05, 3.63) is 49.1 Å². The highest BCUT2D eigenvalue weighted by Gasteiger charge is 2.21. The van der Waals surface area contributed by atoms with Crippen LogP contribution in [0.15, 0.2) is 49.1 Å². The molecule has 0 spiro atoms. The first-order valence-electron chi connectivity index (χ1n) is 10.8. The number of amides is 1. The molecule has 5 nitrogen and oxygen atoms in total. The molecule has 0 saturated heterocycles. The molecule has 2 heterocycles. The molecule has 2 rings (SSSR count). The van der Waals surface area contributed by atoms with E-state index >= 15 is 0 Å². The Morgan fingerprint density at radius 3 is 2.21 bits per heavy atom. The Morgan fingerprint density at radius 1 is 0.966 bits per heavy atom. The van der Waals surface area contributed by atoms with Crippen LogP contribution in [0.5, 0.6) is 0 Å². The van der Waals surface area contributed by atoms with Gasteiger partial charge in [0.15, 0.2) is 12.4 Å². The highest BCUT2D eigenvalue weighted by atomic mass is 16.6.